The molecule has 1 aromatic carbocycles. The molecule has 2 heterocycles. The van der Waals surface area contributed by atoms with Crippen molar-refractivity contribution < 1.29 is 43.8 Å². The summed E-state index contributed by atoms with van der Waals surface area (Å²) in [6.07, 6.45) is 2.16. The van der Waals surface area contributed by atoms with Crippen LogP contribution in [0.3, 0.4) is 0 Å². The van der Waals surface area contributed by atoms with E-state index in [-0.39, 0.29) is 38.3 Å². The summed E-state index contributed by atoms with van der Waals surface area (Å²) in [4.78, 5) is 95.7. The summed E-state index contributed by atoms with van der Waals surface area (Å²) >= 11 is 0. The number of hydrogen-bond donors (Lipinski definition) is 8. The highest BCUT2D eigenvalue weighted by atomic mass is 16.4. The fourth-order valence-corrected chi connectivity index (χ4v) is 6.92. The van der Waals surface area contributed by atoms with Gasteiger partial charge in [-0.1, -0.05) is 44.2 Å². The third kappa shape index (κ3) is 13.0. The lowest BCUT2D eigenvalue weighted by Gasteiger charge is -2.31. The third-order valence-corrected chi connectivity index (χ3v) is 10.0. The van der Waals surface area contributed by atoms with Crippen LogP contribution < -0.4 is 32.7 Å². The van der Waals surface area contributed by atoms with Gasteiger partial charge >= 0.3 is 5.97 Å². The minimum atomic E-state index is -1.20. The van der Waals surface area contributed by atoms with Crippen molar-refractivity contribution in [2.24, 2.45) is 17.4 Å². The van der Waals surface area contributed by atoms with Crippen molar-refractivity contribution in [3.63, 3.8) is 0 Å². The Kier molecular flexibility index (Phi) is 17.5. The fraction of sp³-hybridized carbons (Fsp3) is 0.658. The molecule has 0 saturated carbocycles. The number of aliphatic carboxylic acids is 1. The van der Waals surface area contributed by atoms with Crippen LogP contribution >= 0.6 is 0 Å². The molecule has 6 amide bonds. The largest absolute Gasteiger partial charge is 0.480 e. The van der Waals surface area contributed by atoms with Gasteiger partial charge in [-0.25, -0.2) is 4.79 Å². The molecule has 2 saturated heterocycles. The second-order valence-corrected chi connectivity index (χ2v) is 15.0. The van der Waals surface area contributed by atoms with Gasteiger partial charge in [0.2, 0.25) is 35.4 Å². The third-order valence-electron chi connectivity index (χ3n) is 10.0. The Morgan fingerprint density at radius 2 is 1.33 bits per heavy atom. The zero-order valence-corrected chi connectivity index (χ0v) is 32.4. The van der Waals surface area contributed by atoms with Crippen LogP contribution in [0.5, 0.6) is 0 Å². The number of nitrogens with zero attached hydrogens (tertiary/aromatic N) is 2. The number of rotatable bonds is 20. The topological polar surface area (TPSA) is 267 Å². The van der Waals surface area contributed by atoms with E-state index in [1.54, 1.807) is 24.3 Å². The van der Waals surface area contributed by atoms with E-state index < -0.39 is 89.8 Å². The molecule has 0 radical (unpaired) electrons. The molecule has 0 aromatic heterocycles. The molecule has 0 spiro atoms. The molecule has 2 aliphatic rings. The summed E-state index contributed by atoms with van der Waals surface area (Å²) in [6, 6.07) is 1.50. The van der Waals surface area contributed by atoms with E-state index in [1.165, 1.54) is 23.6 Å². The summed E-state index contributed by atoms with van der Waals surface area (Å²) in [5.74, 6) is -4.80. The van der Waals surface area contributed by atoms with Crippen LogP contribution in [-0.4, -0.2) is 129 Å². The summed E-state index contributed by atoms with van der Waals surface area (Å²) in [7, 11) is 0. The minimum Gasteiger partial charge on any atom is -0.480 e. The quantitative estimate of drug-likeness (QED) is 0.0756. The fourth-order valence-electron chi connectivity index (χ4n) is 6.92. The lowest BCUT2D eigenvalue weighted by Crippen LogP contribution is -2.59. The van der Waals surface area contributed by atoms with Crippen LogP contribution in [0, 0.1) is 5.92 Å². The lowest BCUT2D eigenvalue weighted by atomic mass is 10.00. The molecule has 8 unspecified atom stereocenters. The summed E-state index contributed by atoms with van der Waals surface area (Å²) in [6.45, 7) is 7.45. The van der Waals surface area contributed by atoms with Gasteiger partial charge in [0, 0.05) is 19.5 Å². The molecular formula is C38H60N8O9. The highest BCUT2D eigenvalue weighted by Crippen LogP contribution is 2.22. The van der Waals surface area contributed by atoms with E-state index in [9.17, 15) is 43.8 Å². The van der Waals surface area contributed by atoms with Crippen molar-refractivity contribution in [1.29, 1.82) is 0 Å². The first-order valence-electron chi connectivity index (χ1n) is 19.3. The molecule has 2 aliphatic heterocycles. The van der Waals surface area contributed by atoms with Gasteiger partial charge in [-0.15, -0.1) is 0 Å². The number of carbonyl (C=O) groups is 7. The number of likely N-dealkylation sites (tertiary alicyclic amines) is 2. The van der Waals surface area contributed by atoms with Gasteiger partial charge in [-0.3, -0.25) is 28.8 Å². The summed E-state index contributed by atoms with van der Waals surface area (Å²) in [5, 5.41) is 30.2. The predicted octanol–water partition coefficient (Wildman–Crippen LogP) is -0.862. The zero-order chi connectivity index (χ0) is 40.8. The molecule has 8 atom stereocenters. The van der Waals surface area contributed by atoms with Crippen molar-refractivity contribution in [2.45, 2.75) is 134 Å². The van der Waals surface area contributed by atoms with Crippen LogP contribution in [0.2, 0.25) is 0 Å². The second-order valence-electron chi connectivity index (χ2n) is 15.0. The first-order chi connectivity index (χ1) is 26.0. The summed E-state index contributed by atoms with van der Waals surface area (Å²) < 4.78 is 0. The van der Waals surface area contributed by atoms with Gasteiger partial charge in [-0.2, -0.15) is 0 Å². The van der Waals surface area contributed by atoms with E-state index in [1.807, 2.05) is 19.9 Å². The highest BCUT2D eigenvalue weighted by Gasteiger charge is 2.41. The molecule has 2 fully saturated rings. The van der Waals surface area contributed by atoms with Gasteiger partial charge in [0.15, 0.2) is 0 Å². The van der Waals surface area contributed by atoms with E-state index in [4.69, 9.17) is 11.5 Å². The molecule has 10 N–H and O–H groups in total. The van der Waals surface area contributed by atoms with Crippen LogP contribution in [0.1, 0.15) is 84.6 Å². The number of hydrogen-bond acceptors (Lipinski definition) is 10. The molecular weight excluding hydrogens is 712 g/mol. The minimum absolute atomic E-state index is 0.0703. The van der Waals surface area contributed by atoms with E-state index in [2.05, 4.69) is 21.3 Å². The zero-order valence-electron chi connectivity index (χ0n) is 32.4. The number of carboxylic acid groups (broad SMARTS) is 1. The molecule has 0 bridgehead atoms. The van der Waals surface area contributed by atoms with Crippen LogP contribution in [-0.2, 0) is 40.0 Å². The number of aliphatic hydroxyl groups is 1. The Morgan fingerprint density at radius 3 is 1.87 bits per heavy atom. The average molecular weight is 773 g/mol. The van der Waals surface area contributed by atoms with Crippen LogP contribution in [0.25, 0.3) is 0 Å². The average Bonchev–Trinajstić information content (AvgIpc) is 3.84. The molecule has 1 aromatic rings. The Hall–Kier alpha value is -4.61. The first-order valence-corrected chi connectivity index (χ1v) is 19.3. The van der Waals surface area contributed by atoms with Crippen LogP contribution in [0.15, 0.2) is 30.3 Å². The van der Waals surface area contributed by atoms with Crippen LogP contribution in [0.4, 0.5) is 0 Å². The van der Waals surface area contributed by atoms with Crippen molar-refractivity contribution in [3.05, 3.63) is 35.9 Å². The lowest BCUT2D eigenvalue weighted by molar-refractivity contribution is -0.145. The van der Waals surface area contributed by atoms with Gasteiger partial charge in [0.25, 0.3) is 0 Å². The number of nitrogens with two attached hydrogens (primary N) is 2. The number of nitrogens with one attached hydrogen (secondary N) is 4. The monoisotopic (exact) mass is 772 g/mol. The van der Waals surface area contributed by atoms with E-state index in [0.29, 0.717) is 45.1 Å². The number of carboxylic acids is 1. The smallest absolute Gasteiger partial charge is 0.326 e. The van der Waals surface area contributed by atoms with Gasteiger partial charge in [0.05, 0.1) is 6.10 Å². The first kappa shape index (κ1) is 44.8. The molecule has 306 valence electrons. The normalized spacial score (nSPS) is 20.1. The van der Waals surface area contributed by atoms with Crippen molar-refractivity contribution >= 4 is 41.4 Å². The number of unbranched alkanes of at least 4 members (excludes halogenated alkanes) is 1. The molecule has 0 aliphatic carbocycles. The second kappa shape index (κ2) is 21.5. The van der Waals surface area contributed by atoms with Gasteiger partial charge in [-0.05, 0) is 83.2 Å². The van der Waals surface area contributed by atoms with Crippen molar-refractivity contribution in [2.75, 3.05) is 19.6 Å². The number of benzene rings is 1. The van der Waals surface area contributed by atoms with Gasteiger partial charge < -0.3 is 52.7 Å². The maximum Gasteiger partial charge on any atom is 0.326 e. The SMILES string of the molecule is CC(C)CC(NC(=O)C(C)NC(=O)C1CCCN1C(=O)C(N)C(C)O)C(=O)NC(Cc1ccccc1)C(=O)N1CCCC1C(=O)NC(CCCCN)C(=O)O. The maximum absolute atomic E-state index is 14.2. The Labute approximate surface area is 322 Å². The highest BCUT2D eigenvalue weighted by molar-refractivity contribution is 5.97. The van der Waals surface area contributed by atoms with E-state index >= 15 is 0 Å². The standard InChI is InChI=1S/C38H60N8O9/c1-22(2)20-27(43-32(48)23(3)41-34(50)29-15-11-19-46(29)37(53)31(40)24(4)47)33(49)44-28(21-25-12-6-5-7-13-25)36(52)45-18-10-16-30(45)35(51)42-26(38(54)55)14-8-9-17-39/h5-7,12-13,22-24,26-31,47H,8-11,14-21,39-40H2,1-4H3,(H,41,50)(H,42,51)(H,43,48)(H,44,49)(H,54,55). The molecule has 55 heavy (non-hydrogen) atoms. The maximum atomic E-state index is 14.2. The van der Waals surface area contributed by atoms with Crippen molar-refractivity contribution in [3.8, 4) is 0 Å². The number of amides is 6. The predicted molar refractivity (Wildman–Crippen MR) is 203 cm³/mol. The Balaban J connectivity index is 1.76. The number of aliphatic hydroxyl groups excluding tert-OH is 1. The van der Waals surface area contributed by atoms with Crippen molar-refractivity contribution in [1.82, 2.24) is 31.1 Å². The molecule has 17 heteroatoms. The van der Waals surface area contributed by atoms with E-state index in [0.717, 1.165) is 5.56 Å². The van der Waals surface area contributed by atoms with Gasteiger partial charge in [0.1, 0.15) is 42.3 Å². The summed E-state index contributed by atoms with van der Waals surface area (Å²) in [5.41, 5.74) is 12.1. The number of carbonyl (C=O) groups excluding carboxylic acids is 6. The molecule has 17 nitrogen and oxygen atoms in total. The Morgan fingerprint density at radius 1 is 0.764 bits per heavy atom. The Bertz CT molecular complexity index is 1490. The molecule has 3 rings (SSSR count).